The van der Waals surface area contributed by atoms with Crippen LogP contribution in [0.25, 0.3) is 11.3 Å². The normalized spacial score (nSPS) is 12.2. The Morgan fingerprint density at radius 3 is 2.71 bits per heavy atom. The molecular weight excluding hydrogens is 430 g/mol. The topological polar surface area (TPSA) is 128 Å². The van der Waals surface area contributed by atoms with Gasteiger partial charge in [-0.25, -0.2) is 9.67 Å². The monoisotopic (exact) mass is 453 g/mol. The van der Waals surface area contributed by atoms with E-state index in [2.05, 4.69) is 25.7 Å². The minimum absolute atomic E-state index is 0.264. The average Bonchev–Trinajstić information content (AvgIpc) is 3.07. The van der Waals surface area contributed by atoms with Crippen molar-refractivity contribution in [3.63, 3.8) is 0 Å². The van der Waals surface area contributed by atoms with Gasteiger partial charge in [-0.05, 0) is 55.7 Å². The molecule has 3 aromatic heterocycles. The molecule has 1 aliphatic rings. The Labute approximate surface area is 196 Å². The summed E-state index contributed by atoms with van der Waals surface area (Å²) in [5.41, 5.74) is 10.9. The highest BCUT2D eigenvalue weighted by Gasteiger charge is 2.26. The van der Waals surface area contributed by atoms with E-state index < -0.39 is 5.91 Å². The number of primary amides is 1. The molecule has 0 radical (unpaired) electrons. The smallest absolute Gasteiger partial charge is 0.275 e. The first-order valence-electron chi connectivity index (χ1n) is 10.9. The molecule has 0 saturated heterocycles. The van der Waals surface area contributed by atoms with Crippen molar-refractivity contribution < 1.29 is 9.59 Å². The molecule has 170 valence electrons. The molecule has 4 heterocycles. The Kier molecular flexibility index (Phi) is 5.29. The van der Waals surface area contributed by atoms with E-state index >= 15 is 0 Å². The Balaban J connectivity index is 1.50. The molecule has 2 amide bonds. The Morgan fingerprint density at radius 1 is 1.12 bits per heavy atom. The number of nitrogens with one attached hydrogen (secondary N) is 2. The fourth-order valence-electron chi connectivity index (χ4n) is 4.13. The number of benzene rings is 1. The zero-order valence-corrected chi connectivity index (χ0v) is 18.8. The van der Waals surface area contributed by atoms with Gasteiger partial charge in [-0.2, -0.15) is 5.10 Å². The van der Waals surface area contributed by atoms with Crippen molar-refractivity contribution in [2.24, 2.45) is 5.73 Å². The van der Waals surface area contributed by atoms with Crippen LogP contribution in [0, 0.1) is 13.8 Å². The van der Waals surface area contributed by atoms with E-state index in [1.54, 1.807) is 23.7 Å². The summed E-state index contributed by atoms with van der Waals surface area (Å²) in [4.78, 5) is 33.9. The molecule has 4 N–H and O–H groups in total. The number of carbonyl (C=O) groups excluding carboxylic acids is 2. The van der Waals surface area contributed by atoms with Crippen molar-refractivity contribution in [2.45, 2.75) is 26.8 Å². The van der Waals surface area contributed by atoms with E-state index in [0.29, 0.717) is 40.6 Å². The molecule has 1 aliphatic heterocycles. The number of aryl methyl sites for hydroxylation is 4. The van der Waals surface area contributed by atoms with Crippen LogP contribution in [0.3, 0.4) is 0 Å². The van der Waals surface area contributed by atoms with Crippen LogP contribution < -0.4 is 16.4 Å². The highest BCUT2D eigenvalue weighted by atomic mass is 16.2. The van der Waals surface area contributed by atoms with Crippen LogP contribution in [-0.2, 0) is 13.0 Å². The number of hydrogen-bond donors (Lipinski definition) is 3. The minimum Gasteiger partial charge on any atom is -0.365 e. The molecule has 34 heavy (non-hydrogen) atoms. The molecule has 0 aliphatic carbocycles. The Morgan fingerprint density at radius 2 is 1.94 bits per heavy atom. The summed E-state index contributed by atoms with van der Waals surface area (Å²) < 4.78 is 1.76. The second-order valence-electron chi connectivity index (χ2n) is 8.20. The lowest BCUT2D eigenvalue weighted by molar-refractivity contribution is 0.0997. The van der Waals surface area contributed by atoms with E-state index in [-0.39, 0.29) is 11.6 Å². The molecule has 0 saturated carbocycles. The molecule has 5 rings (SSSR count). The van der Waals surface area contributed by atoms with E-state index in [1.165, 1.54) is 6.20 Å². The van der Waals surface area contributed by atoms with Crippen LogP contribution in [0.2, 0.25) is 0 Å². The summed E-state index contributed by atoms with van der Waals surface area (Å²) in [6.45, 7) is 4.23. The molecule has 9 nitrogen and oxygen atoms in total. The first kappa shape index (κ1) is 21.3. The molecule has 0 fully saturated rings. The third-order valence-electron chi connectivity index (χ3n) is 5.76. The fourth-order valence-corrected chi connectivity index (χ4v) is 4.13. The van der Waals surface area contributed by atoms with Gasteiger partial charge in [0.1, 0.15) is 28.6 Å². The maximum atomic E-state index is 12.8. The molecule has 4 aromatic rings. The standard InChI is InChI=1S/C25H23N7O2/c1-14-12-17(13-27-21(14)25(34)30-19-9-5-6-15(2)28-19)22-20(23(26)33)24-29-18-8-4-3-7-16(18)10-11-32(24)31-22/h3-9,12-13,29H,10-11H2,1-2H3,(H2,26,33)(H,28,30,34). The number of nitrogens with two attached hydrogens (primary N) is 1. The maximum Gasteiger partial charge on any atom is 0.275 e. The van der Waals surface area contributed by atoms with Gasteiger partial charge in [0, 0.05) is 29.7 Å². The van der Waals surface area contributed by atoms with Gasteiger partial charge in [0.15, 0.2) is 0 Å². The second-order valence-corrected chi connectivity index (χ2v) is 8.20. The highest BCUT2D eigenvalue weighted by molar-refractivity contribution is 6.05. The summed E-state index contributed by atoms with van der Waals surface area (Å²) in [7, 11) is 0. The van der Waals surface area contributed by atoms with Crippen molar-refractivity contribution in [1.82, 2.24) is 19.7 Å². The first-order chi connectivity index (χ1) is 16.4. The third-order valence-corrected chi connectivity index (χ3v) is 5.76. The quantitative estimate of drug-likeness (QED) is 0.433. The van der Waals surface area contributed by atoms with Crippen LogP contribution in [0.15, 0.2) is 54.7 Å². The van der Waals surface area contributed by atoms with Gasteiger partial charge in [0.05, 0.1) is 0 Å². The van der Waals surface area contributed by atoms with Gasteiger partial charge in [0.2, 0.25) is 0 Å². The summed E-state index contributed by atoms with van der Waals surface area (Å²) in [5.74, 6) is 0.0530. The number of para-hydroxylation sites is 1. The van der Waals surface area contributed by atoms with Crippen molar-refractivity contribution in [3.05, 3.63) is 82.8 Å². The molecule has 1 aromatic carbocycles. The molecule has 0 unspecified atom stereocenters. The zero-order valence-electron chi connectivity index (χ0n) is 18.8. The van der Waals surface area contributed by atoms with Crippen LogP contribution in [0.5, 0.6) is 0 Å². The number of fused-ring (bicyclic) bond motifs is 2. The van der Waals surface area contributed by atoms with Crippen molar-refractivity contribution in [1.29, 1.82) is 0 Å². The summed E-state index contributed by atoms with van der Waals surface area (Å²) in [5, 5.41) is 10.8. The lowest BCUT2D eigenvalue weighted by atomic mass is 10.1. The molecular formula is C25H23N7O2. The van der Waals surface area contributed by atoms with Gasteiger partial charge in [-0.1, -0.05) is 24.3 Å². The summed E-state index contributed by atoms with van der Waals surface area (Å²) in [6.07, 6.45) is 2.30. The van der Waals surface area contributed by atoms with Crippen LogP contribution in [0.1, 0.15) is 37.7 Å². The predicted molar refractivity (Wildman–Crippen MR) is 129 cm³/mol. The first-order valence-corrected chi connectivity index (χ1v) is 10.9. The minimum atomic E-state index is -0.590. The number of aromatic nitrogens is 4. The van der Waals surface area contributed by atoms with Crippen molar-refractivity contribution in [2.75, 3.05) is 10.6 Å². The lowest BCUT2D eigenvalue weighted by Gasteiger charge is -2.10. The third kappa shape index (κ3) is 3.88. The van der Waals surface area contributed by atoms with Gasteiger partial charge < -0.3 is 16.4 Å². The number of pyridine rings is 2. The molecule has 0 atom stereocenters. The zero-order chi connectivity index (χ0) is 23.8. The van der Waals surface area contributed by atoms with E-state index in [0.717, 1.165) is 23.4 Å². The van der Waals surface area contributed by atoms with Gasteiger partial charge in [-0.3, -0.25) is 14.6 Å². The van der Waals surface area contributed by atoms with E-state index in [9.17, 15) is 9.59 Å². The van der Waals surface area contributed by atoms with Crippen LogP contribution >= 0.6 is 0 Å². The number of nitrogens with zero attached hydrogens (tertiary/aromatic N) is 4. The largest absolute Gasteiger partial charge is 0.365 e. The van der Waals surface area contributed by atoms with Gasteiger partial charge >= 0.3 is 0 Å². The van der Waals surface area contributed by atoms with Crippen molar-refractivity contribution >= 4 is 29.1 Å². The van der Waals surface area contributed by atoms with E-state index in [1.807, 2.05) is 43.3 Å². The SMILES string of the molecule is Cc1cccc(NC(=O)c2ncc(-c3nn4c(c3C(N)=O)Nc3ccccc3CC4)cc2C)n1. The number of carbonyl (C=O) groups is 2. The maximum absolute atomic E-state index is 12.8. The average molecular weight is 454 g/mol. The Bertz CT molecular complexity index is 1440. The number of hydrogen-bond acceptors (Lipinski definition) is 6. The summed E-state index contributed by atoms with van der Waals surface area (Å²) >= 11 is 0. The van der Waals surface area contributed by atoms with Crippen LogP contribution in [0.4, 0.5) is 17.3 Å². The lowest BCUT2D eigenvalue weighted by Crippen LogP contribution is -2.16. The van der Waals surface area contributed by atoms with Gasteiger partial charge in [0.25, 0.3) is 11.8 Å². The predicted octanol–water partition coefficient (Wildman–Crippen LogP) is 3.61. The Hall–Kier alpha value is -4.53. The number of rotatable bonds is 4. The highest BCUT2D eigenvalue weighted by Crippen LogP contribution is 2.34. The van der Waals surface area contributed by atoms with Crippen LogP contribution in [-0.4, -0.2) is 31.6 Å². The van der Waals surface area contributed by atoms with Gasteiger partial charge in [-0.15, -0.1) is 0 Å². The second kappa shape index (κ2) is 8.43. The molecule has 0 spiro atoms. The molecule has 9 heteroatoms. The number of amides is 2. The van der Waals surface area contributed by atoms with E-state index in [4.69, 9.17) is 5.73 Å². The summed E-state index contributed by atoms with van der Waals surface area (Å²) in [6, 6.07) is 15.1. The number of anilines is 3. The van der Waals surface area contributed by atoms with Crippen molar-refractivity contribution in [3.8, 4) is 11.3 Å². The molecule has 0 bridgehead atoms. The fraction of sp³-hybridized carbons (Fsp3) is 0.160.